The number of nitriles is 1. The highest BCUT2D eigenvalue weighted by Crippen LogP contribution is 2.25. The Hall–Kier alpha value is -0.850. The molecular formula is C11H20NO4P. The van der Waals surface area contributed by atoms with Crippen LogP contribution in [0, 0.1) is 17.2 Å². The molecule has 98 valence electrons. The first kappa shape index (κ1) is 16.1. The van der Waals surface area contributed by atoms with E-state index in [1.807, 2.05) is 19.9 Å². The second-order valence-corrected chi connectivity index (χ2v) is 5.63. The van der Waals surface area contributed by atoms with Gasteiger partial charge in [0, 0.05) is 19.5 Å². The van der Waals surface area contributed by atoms with Gasteiger partial charge in [-0.2, -0.15) is 5.26 Å². The van der Waals surface area contributed by atoms with E-state index in [0.29, 0.717) is 31.5 Å². The molecule has 0 fully saturated rings. The maximum atomic E-state index is 11.4. The van der Waals surface area contributed by atoms with Crippen molar-refractivity contribution in [2.45, 2.75) is 39.7 Å². The van der Waals surface area contributed by atoms with Crippen molar-refractivity contribution >= 4 is 14.0 Å². The lowest BCUT2D eigenvalue weighted by atomic mass is 10.2. The normalized spacial score (nSPS) is 14.1. The van der Waals surface area contributed by atoms with E-state index in [-0.39, 0.29) is 0 Å². The smallest absolute Gasteiger partial charge is 0.303 e. The van der Waals surface area contributed by atoms with Crippen LogP contribution in [0.1, 0.15) is 33.6 Å². The minimum Gasteiger partial charge on any atom is -0.447 e. The van der Waals surface area contributed by atoms with E-state index >= 15 is 0 Å². The topological polar surface area (TPSA) is 76.4 Å². The number of esters is 1. The lowest BCUT2D eigenvalue weighted by molar-refractivity contribution is -0.144. The highest BCUT2D eigenvalue weighted by atomic mass is 31.1. The quantitative estimate of drug-likeness (QED) is 0.381. The summed E-state index contributed by atoms with van der Waals surface area (Å²) in [4.78, 5) is 10.6. The number of rotatable bonds is 8. The molecule has 0 saturated heterocycles. The molecule has 0 rings (SSSR count). The van der Waals surface area contributed by atoms with Crippen molar-refractivity contribution in [3.8, 4) is 6.07 Å². The molecule has 6 heteroatoms. The predicted octanol–water partition coefficient (Wildman–Crippen LogP) is 2.37. The van der Waals surface area contributed by atoms with Crippen LogP contribution < -0.4 is 0 Å². The molecule has 5 nitrogen and oxygen atoms in total. The Kier molecular flexibility index (Phi) is 8.75. The van der Waals surface area contributed by atoms with Crippen molar-refractivity contribution in [3.05, 3.63) is 0 Å². The van der Waals surface area contributed by atoms with E-state index in [9.17, 15) is 9.36 Å². The summed E-state index contributed by atoms with van der Waals surface area (Å²) in [6.45, 7) is 5.57. The standard InChI is InChI=1S/C11H20NO4P/c1-9(2)8-17(14)15-6-4-5-11(7-12)16-10(3)13/h9,11,17H,4-6,8H2,1-3H3. The molecule has 0 radical (unpaired) electrons. The van der Waals surface area contributed by atoms with Crippen LogP contribution in [0.3, 0.4) is 0 Å². The Morgan fingerprint density at radius 1 is 1.47 bits per heavy atom. The third-order valence-electron chi connectivity index (χ3n) is 1.90. The highest BCUT2D eigenvalue weighted by Gasteiger charge is 2.10. The summed E-state index contributed by atoms with van der Waals surface area (Å²) >= 11 is 0. The van der Waals surface area contributed by atoms with Crippen molar-refractivity contribution in [3.63, 3.8) is 0 Å². The molecule has 2 atom stereocenters. The maximum absolute atomic E-state index is 11.4. The van der Waals surface area contributed by atoms with Gasteiger partial charge in [0.05, 0.1) is 6.61 Å². The van der Waals surface area contributed by atoms with Gasteiger partial charge >= 0.3 is 5.97 Å². The van der Waals surface area contributed by atoms with Crippen LogP contribution in [0.15, 0.2) is 0 Å². The minimum absolute atomic E-state index is 0.337. The average molecular weight is 261 g/mol. The number of hydrogen-bond donors (Lipinski definition) is 0. The Labute approximate surface area is 103 Å². The summed E-state index contributed by atoms with van der Waals surface area (Å²) in [6.07, 6.45) is 0.812. The number of nitrogens with zero attached hydrogens (tertiary/aromatic N) is 1. The molecule has 0 aliphatic heterocycles. The summed E-state index contributed by atoms with van der Waals surface area (Å²) in [5.41, 5.74) is 0. The van der Waals surface area contributed by atoms with Crippen LogP contribution in [0.2, 0.25) is 0 Å². The second-order valence-electron chi connectivity index (χ2n) is 4.19. The molecule has 0 amide bonds. The van der Waals surface area contributed by atoms with E-state index in [1.165, 1.54) is 6.92 Å². The van der Waals surface area contributed by atoms with E-state index in [0.717, 1.165) is 0 Å². The fraction of sp³-hybridized carbons (Fsp3) is 0.818. The number of carbonyl (C=O) groups excluding carboxylic acids is 1. The Bertz CT molecular complexity index is 298. The predicted molar refractivity (Wildman–Crippen MR) is 65.1 cm³/mol. The Morgan fingerprint density at radius 2 is 2.12 bits per heavy atom. The van der Waals surface area contributed by atoms with Crippen LogP contribution in [0.4, 0.5) is 0 Å². The summed E-state index contributed by atoms with van der Waals surface area (Å²) in [7, 11) is -1.96. The van der Waals surface area contributed by atoms with Crippen molar-refractivity contribution in [2.24, 2.45) is 5.92 Å². The van der Waals surface area contributed by atoms with Crippen LogP contribution in [-0.4, -0.2) is 24.8 Å². The first-order chi connectivity index (χ1) is 7.95. The molecule has 2 unspecified atom stereocenters. The molecule has 0 aliphatic rings. The molecule has 0 heterocycles. The first-order valence-electron chi connectivity index (χ1n) is 5.68. The van der Waals surface area contributed by atoms with Gasteiger partial charge in [0.25, 0.3) is 0 Å². The van der Waals surface area contributed by atoms with Crippen molar-refractivity contribution < 1.29 is 18.6 Å². The summed E-state index contributed by atoms with van der Waals surface area (Å²) in [5, 5.41) is 8.68. The van der Waals surface area contributed by atoms with Crippen molar-refractivity contribution in [2.75, 3.05) is 12.8 Å². The number of hydrogen-bond acceptors (Lipinski definition) is 5. The molecule has 0 aromatic carbocycles. The first-order valence-corrected chi connectivity index (χ1v) is 7.20. The monoisotopic (exact) mass is 261 g/mol. The van der Waals surface area contributed by atoms with Crippen molar-refractivity contribution in [1.29, 1.82) is 5.26 Å². The lowest BCUT2D eigenvalue weighted by Gasteiger charge is -2.09. The lowest BCUT2D eigenvalue weighted by Crippen LogP contribution is -2.14. The third kappa shape index (κ3) is 10.0. The van der Waals surface area contributed by atoms with E-state index in [2.05, 4.69) is 0 Å². The van der Waals surface area contributed by atoms with E-state index in [1.54, 1.807) is 0 Å². The molecule has 17 heavy (non-hydrogen) atoms. The SMILES string of the molecule is CC(=O)OC(C#N)CCCO[PH](=O)CC(C)C. The average Bonchev–Trinajstić information content (AvgIpc) is 2.20. The zero-order valence-corrected chi connectivity index (χ0v) is 11.6. The second kappa shape index (κ2) is 9.21. The van der Waals surface area contributed by atoms with Crippen LogP contribution in [0.25, 0.3) is 0 Å². The number of carbonyl (C=O) groups is 1. The van der Waals surface area contributed by atoms with Crippen molar-refractivity contribution in [1.82, 2.24) is 0 Å². The molecule has 0 spiro atoms. The van der Waals surface area contributed by atoms with Gasteiger partial charge in [-0.25, -0.2) is 0 Å². The van der Waals surface area contributed by atoms with Crippen LogP contribution in [-0.2, 0) is 18.6 Å². The Morgan fingerprint density at radius 3 is 2.59 bits per heavy atom. The summed E-state index contributed by atoms with van der Waals surface area (Å²) < 4.78 is 21.3. The molecule has 0 bridgehead atoms. The van der Waals surface area contributed by atoms with Gasteiger partial charge in [-0.3, -0.25) is 9.36 Å². The fourth-order valence-electron chi connectivity index (χ4n) is 1.20. The van der Waals surface area contributed by atoms with Gasteiger partial charge in [-0.15, -0.1) is 0 Å². The van der Waals surface area contributed by atoms with Gasteiger partial charge in [0.15, 0.2) is 14.1 Å². The highest BCUT2D eigenvalue weighted by molar-refractivity contribution is 7.39. The van der Waals surface area contributed by atoms with Crippen LogP contribution >= 0.6 is 8.03 Å². The number of ether oxygens (including phenoxy) is 1. The third-order valence-corrected chi connectivity index (χ3v) is 3.58. The largest absolute Gasteiger partial charge is 0.447 e. The molecule has 0 N–H and O–H groups in total. The maximum Gasteiger partial charge on any atom is 0.303 e. The molecule has 0 aliphatic carbocycles. The molecule has 0 saturated carbocycles. The zero-order chi connectivity index (χ0) is 13.3. The van der Waals surface area contributed by atoms with Crippen LogP contribution in [0.5, 0.6) is 0 Å². The summed E-state index contributed by atoms with van der Waals surface area (Å²) in [6, 6.07) is 1.89. The minimum atomic E-state index is -1.96. The molecule has 0 aromatic rings. The summed E-state index contributed by atoms with van der Waals surface area (Å²) in [5.74, 6) is -0.111. The van der Waals surface area contributed by atoms with Gasteiger partial charge in [-0.1, -0.05) is 13.8 Å². The zero-order valence-electron chi connectivity index (χ0n) is 10.6. The molecule has 0 aromatic heterocycles. The van der Waals surface area contributed by atoms with Gasteiger partial charge < -0.3 is 9.26 Å². The van der Waals surface area contributed by atoms with E-state index in [4.69, 9.17) is 14.5 Å². The van der Waals surface area contributed by atoms with Gasteiger partial charge in [0.1, 0.15) is 6.07 Å². The molecular weight excluding hydrogens is 241 g/mol. The van der Waals surface area contributed by atoms with Gasteiger partial charge in [-0.05, 0) is 12.3 Å². The Balaban J connectivity index is 3.66. The fourth-order valence-corrected chi connectivity index (χ4v) is 2.35. The van der Waals surface area contributed by atoms with Gasteiger partial charge in [0.2, 0.25) is 0 Å². The van der Waals surface area contributed by atoms with E-state index < -0.39 is 20.1 Å².